The summed E-state index contributed by atoms with van der Waals surface area (Å²) < 4.78 is 19.0. The minimum atomic E-state index is -1.05. The van der Waals surface area contributed by atoms with E-state index in [1.165, 1.54) is 12.1 Å². The number of benzene rings is 1. The van der Waals surface area contributed by atoms with Crippen LogP contribution in [0.5, 0.6) is 0 Å². The van der Waals surface area contributed by atoms with Gasteiger partial charge < -0.3 is 4.74 Å². The molecule has 0 amide bonds. The number of ether oxygens (including phenoxy) is 1. The number of nitrogens with zero attached hydrogens (tertiary/aromatic N) is 2. The van der Waals surface area contributed by atoms with E-state index in [0.717, 1.165) is 29.4 Å². The maximum atomic E-state index is 13.2. The number of aromatic amines is 1. The van der Waals surface area contributed by atoms with Gasteiger partial charge in [0, 0.05) is 20.1 Å². The third-order valence-corrected chi connectivity index (χ3v) is 5.54. The van der Waals surface area contributed by atoms with E-state index in [1.54, 1.807) is 6.07 Å². The molecule has 1 aliphatic rings. The van der Waals surface area contributed by atoms with Crippen molar-refractivity contribution in [2.75, 3.05) is 13.2 Å². The zero-order chi connectivity index (χ0) is 16.4. The number of rotatable bonds is 6. The Morgan fingerprint density at radius 2 is 2.13 bits per heavy atom. The quantitative estimate of drug-likeness (QED) is 0.647. The van der Waals surface area contributed by atoms with Gasteiger partial charge in [-0.2, -0.15) is 5.10 Å². The van der Waals surface area contributed by atoms with E-state index in [9.17, 15) is 4.39 Å². The molecule has 1 aliphatic heterocycles. The van der Waals surface area contributed by atoms with Gasteiger partial charge in [0.15, 0.2) is 0 Å². The van der Waals surface area contributed by atoms with Crippen molar-refractivity contribution in [1.29, 1.82) is 0 Å². The van der Waals surface area contributed by atoms with Crippen LogP contribution in [0.3, 0.4) is 0 Å². The van der Waals surface area contributed by atoms with Gasteiger partial charge in [-0.3, -0.25) is 10.1 Å². The molecule has 1 N–H and O–H groups in total. The van der Waals surface area contributed by atoms with Crippen LogP contribution < -0.4 is 0 Å². The molecule has 2 aromatic rings. The topological polar surface area (TPSA) is 50.3 Å². The molecule has 1 atom stereocenters. The number of hydrogen-bond donors (Lipinski definition) is 1. The summed E-state index contributed by atoms with van der Waals surface area (Å²) in [5.74, 6) is -0.273. The Morgan fingerprint density at radius 1 is 1.30 bits per heavy atom. The molecule has 0 aliphatic carbocycles. The van der Waals surface area contributed by atoms with Gasteiger partial charge in [0.1, 0.15) is 11.5 Å². The number of aliphatic imine (C=N–C) groups is 1. The Labute approximate surface area is 136 Å². The van der Waals surface area contributed by atoms with Crippen LogP contribution in [0.1, 0.15) is 5.69 Å². The summed E-state index contributed by atoms with van der Waals surface area (Å²) in [5.41, 5.74) is 2.27. The second kappa shape index (κ2) is 6.37. The molecule has 4 nitrogen and oxygen atoms in total. The molecule has 0 spiro atoms. The zero-order valence-electron chi connectivity index (χ0n) is 13.8. The average Bonchev–Trinajstić information content (AvgIpc) is 3.08. The molecule has 1 unspecified atom stereocenters. The summed E-state index contributed by atoms with van der Waals surface area (Å²) in [5, 5.41) is 8.02. The smallest absolute Gasteiger partial charge is 0.125 e. The van der Waals surface area contributed by atoms with Crippen molar-refractivity contribution in [3.8, 4) is 0 Å². The first-order valence-corrected chi connectivity index (χ1v) is 11.6. The van der Waals surface area contributed by atoms with Gasteiger partial charge in [-0.1, -0.05) is 25.7 Å². The minimum Gasteiger partial charge on any atom is -0.379 e. The lowest BCUT2D eigenvalue weighted by Gasteiger charge is -2.15. The monoisotopic (exact) mass is 331 g/mol. The Balaban J connectivity index is 1.64. The van der Waals surface area contributed by atoms with Gasteiger partial charge >= 0.3 is 0 Å². The van der Waals surface area contributed by atoms with E-state index in [2.05, 4.69) is 34.8 Å². The predicted molar refractivity (Wildman–Crippen MR) is 94.5 cm³/mol. The Bertz CT molecular complexity index is 761. The lowest BCUT2D eigenvalue weighted by molar-refractivity contribution is 0.143. The van der Waals surface area contributed by atoms with Gasteiger partial charge in [0.2, 0.25) is 0 Å². The standard InChI is InChI=1S/C17H22FN3OSi/c1-23(2,3)9-8-22-11-13-5-7-15(19-13)17-14-6-4-12(18)10-16(14)20-21-17/h4-7,10,13H,8-9,11H2,1-3H3,(H,20,21). The molecule has 122 valence electrons. The van der Waals surface area contributed by atoms with Crippen LogP contribution >= 0.6 is 0 Å². The number of nitrogens with one attached hydrogen (secondary N) is 1. The van der Waals surface area contributed by atoms with Gasteiger partial charge in [-0.25, -0.2) is 4.39 Å². The van der Waals surface area contributed by atoms with Crippen LogP contribution in [0.2, 0.25) is 25.7 Å². The van der Waals surface area contributed by atoms with Crippen LogP contribution in [0.4, 0.5) is 4.39 Å². The second-order valence-corrected chi connectivity index (χ2v) is 12.7. The first-order valence-electron chi connectivity index (χ1n) is 7.90. The third-order valence-electron chi connectivity index (χ3n) is 3.83. The van der Waals surface area contributed by atoms with Gasteiger partial charge in [-0.15, -0.1) is 0 Å². The fraction of sp³-hybridized carbons (Fsp3) is 0.412. The molecule has 1 aromatic carbocycles. The summed E-state index contributed by atoms with van der Waals surface area (Å²) in [6, 6.07) is 5.83. The van der Waals surface area contributed by atoms with Crippen molar-refractivity contribution in [2.24, 2.45) is 4.99 Å². The Kier molecular flexibility index (Phi) is 4.45. The molecule has 3 rings (SSSR count). The van der Waals surface area contributed by atoms with Crippen molar-refractivity contribution in [2.45, 2.75) is 31.7 Å². The van der Waals surface area contributed by atoms with Crippen molar-refractivity contribution >= 4 is 24.7 Å². The Hall–Kier alpha value is -1.79. The highest BCUT2D eigenvalue weighted by Crippen LogP contribution is 2.21. The molecule has 2 heterocycles. The van der Waals surface area contributed by atoms with E-state index >= 15 is 0 Å². The largest absolute Gasteiger partial charge is 0.379 e. The number of fused-ring (bicyclic) bond motifs is 1. The number of aromatic nitrogens is 2. The van der Waals surface area contributed by atoms with E-state index < -0.39 is 8.07 Å². The fourth-order valence-electron chi connectivity index (χ4n) is 2.47. The molecular weight excluding hydrogens is 309 g/mol. The highest BCUT2D eigenvalue weighted by Gasteiger charge is 2.18. The van der Waals surface area contributed by atoms with Crippen LogP contribution in [-0.2, 0) is 4.74 Å². The van der Waals surface area contributed by atoms with Crippen LogP contribution in [0.25, 0.3) is 10.9 Å². The summed E-state index contributed by atoms with van der Waals surface area (Å²) in [6.07, 6.45) is 4.00. The highest BCUT2D eigenvalue weighted by atomic mass is 28.3. The molecule has 1 aromatic heterocycles. The van der Waals surface area contributed by atoms with E-state index in [-0.39, 0.29) is 11.9 Å². The molecule has 0 radical (unpaired) electrons. The molecule has 0 fully saturated rings. The van der Waals surface area contributed by atoms with Gasteiger partial charge in [-0.05, 0) is 30.3 Å². The van der Waals surface area contributed by atoms with Gasteiger partial charge in [0.05, 0.1) is 23.9 Å². The van der Waals surface area contributed by atoms with Crippen molar-refractivity contribution in [1.82, 2.24) is 10.2 Å². The van der Waals surface area contributed by atoms with E-state index in [4.69, 9.17) is 4.74 Å². The maximum Gasteiger partial charge on any atom is 0.125 e. The lowest BCUT2D eigenvalue weighted by Crippen LogP contribution is -2.22. The van der Waals surface area contributed by atoms with Crippen LogP contribution in [0.15, 0.2) is 35.3 Å². The second-order valence-electron chi connectivity index (χ2n) is 7.09. The number of hydrogen-bond acceptors (Lipinski definition) is 3. The first-order chi connectivity index (χ1) is 10.9. The van der Waals surface area contributed by atoms with Crippen LogP contribution in [-0.4, -0.2) is 43.2 Å². The molecule has 0 bridgehead atoms. The van der Waals surface area contributed by atoms with Crippen molar-refractivity contribution < 1.29 is 9.13 Å². The van der Waals surface area contributed by atoms with E-state index in [0.29, 0.717) is 12.1 Å². The summed E-state index contributed by atoms with van der Waals surface area (Å²) in [6.45, 7) is 8.42. The summed E-state index contributed by atoms with van der Waals surface area (Å²) >= 11 is 0. The molecule has 0 saturated carbocycles. The molecular formula is C17H22FN3OSi. The third kappa shape index (κ3) is 3.94. The summed E-state index contributed by atoms with van der Waals surface area (Å²) in [4.78, 5) is 4.65. The Morgan fingerprint density at radius 3 is 2.91 bits per heavy atom. The number of H-pyrrole nitrogens is 1. The lowest BCUT2D eigenvalue weighted by atomic mass is 10.1. The van der Waals surface area contributed by atoms with Crippen molar-refractivity contribution in [3.05, 3.63) is 41.9 Å². The fourth-order valence-corrected chi connectivity index (χ4v) is 3.23. The molecule has 23 heavy (non-hydrogen) atoms. The number of allylic oxidation sites excluding steroid dienone is 1. The average molecular weight is 331 g/mol. The first kappa shape index (κ1) is 16.1. The van der Waals surface area contributed by atoms with Crippen molar-refractivity contribution in [3.63, 3.8) is 0 Å². The predicted octanol–water partition coefficient (Wildman–Crippen LogP) is 3.78. The summed E-state index contributed by atoms with van der Waals surface area (Å²) in [7, 11) is -1.05. The van der Waals surface area contributed by atoms with Crippen LogP contribution in [0, 0.1) is 5.82 Å². The van der Waals surface area contributed by atoms with Gasteiger partial charge in [0.25, 0.3) is 0 Å². The normalized spacial score (nSPS) is 17.9. The molecule has 0 saturated heterocycles. The van der Waals surface area contributed by atoms with E-state index in [1.807, 2.05) is 12.2 Å². The SMILES string of the molecule is C[Si](C)(C)CCOCC1C=CC(c2n[nH]c3cc(F)ccc23)=N1. The highest BCUT2D eigenvalue weighted by molar-refractivity contribution is 6.76. The zero-order valence-corrected chi connectivity index (χ0v) is 14.8. The maximum absolute atomic E-state index is 13.2. The molecule has 6 heteroatoms. The number of halogens is 1. The minimum absolute atomic E-state index is 0.0406.